The number of likely N-dealkylation sites (tertiary alicyclic amines) is 2. The third-order valence-electron chi connectivity index (χ3n) is 6.01. The van der Waals surface area contributed by atoms with E-state index in [0.717, 1.165) is 10.7 Å². The van der Waals surface area contributed by atoms with Gasteiger partial charge in [0.1, 0.15) is 10.5 Å². The third-order valence-corrected chi connectivity index (χ3v) is 7.60. The number of amides is 2. The predicted molar refractivity (Wildman–Crippen MR) is 104 cm³/mol. The molecule has 0 unspecified atom stereocenters. The average molecular weight is 412 g/mol. The first-order valence-corrected chi connectivity index (χ1v) is 11.4. The zero-order chi connectivity index (χ0) is 19.3. The molecule has 0 aliphatic carbocycles. The molecular formula is C18H25N3O4S2. The van der Waals surface area contributed by atoms with Crippen LogP contribution in [0.1, 0.15) is 20.4 Å². The Hall–Kier alpha value is -1.16. The van der Waals surface area contributed by atoms with Crippen LogP contribution in [0.15, 0.2) is 0 Å². The molecule has 0 radical (unpaired) electrons. The quantitative estimate of drug-likeness (QED) is 0.789. The summed E-state index contributed by atoms with van der Waals surface area (Å²) >= 11 is 2.93. The Morgan fingerprint density at radius 2 is 2.07 bits per heavy atom. The van der Waals surface area contributed by atoms with Crippen molar-refractivity contribution in [1.29, 1.82) is 0 Å². The van der Waals surface area contributed by atoms with Crippen LogP contribution in [-0.2, 0) is 9.53 Å². The SMILES string of the molecule is CSCC(=O)N1C[C@H]2O[C@]3(C1)CN(C(=O)c1sc(C)nc1C)C[C@@H]3[C@@H]2CO. The maximum Gasteiger partial charge on any atom is 0.265 e. The number of aliphatic hydroxyl groups excluding tert-OH is 1. The van der Waals surface area contributed by atoms with E-state index in [9.17, 15) is 14.7 Å². The summed E-state index contributed by atoms with van der Waals surface area (Å²) in [5, 5.41) is 10.9. The summed E-state index contributed by atoms with van der Waals surface area (Å²) in [5.74, 6) is 0.536. The molecule has 9 heteroatoms. The highest BCUT2D eigenvalue weighted by molar-refractivity contribution is 7.99. The molecule has 3 aliphatic heterocycles. The fourth-order valence-corrected chi connectivity index (χ4v) is 6.18. The first-order valence-electron chi connectivity index (χ1n) is 9.17. The van der Waals surface area contributed by atoms with E-state index >= 15 is 0 Å². The number of aromatic nitrogens is 1. The number of aliphatic hydroxyl groups is 1. The molecule has 2 bridgehead atoms. The van der Waals surface area contributed by atoms with Crippen LogP contribution in [-0.4, -0.2) is 88.2 Å². The smallest absolute Gasteiger partial charge is 0.265 e. The minimum Gasteiger partial charge on any atom is -0.396 e. The average Bonchev–Trinajstić information content (AvgIpc) is 3.20. The minimum absolute atomic E-state index is 0.0162. The molecule has 1 aromatic heterocycles. The van der Waals surface area contributed by atoms with Gasteiger partial charge >= 0.3 is 0 Å². The lowest BCUT2D eigenvalue weighted by Crippen LogP contribution is -2.56. The molecule has 4 rings (SSSR count). The fourth-order valence-electron chi connectivity index (χ4n) is 4.87. The standard InChI is InChI=1S/C18H25N3O4S2/c1-10-16(27-11(2)19-10)17(24)21-4-13-12(6-22)14-5-20(15(23)7-26-3)8-18(13,9-21)25-14/h12-14,22H,4-9H2,1-3H3/t12-,13+,14+,18+/m0/s1. The highest BCUT2D eigenvalue weighted by atomic mass is 32.2. The van der Waals surface area contributed by atoms with Gasteiger partial charge in [0.25, 0.3) is 5.91 Å². The number of thioether (sulfide) groups is 1. The second kappa shape index (κ2) is 7.02. The van der Waals surface area contributed by atoms with Crippen molar-refractivity contribution in [2.75, 3.05) is 44.8 Å². The number of fused-ring (bicyclic) bond motifs is 1. The molecule has 1 N–H and O–H groups in total. The molecule has 1 spiro atoms. The number of thiazole rings is 1. The van der Waals surface area contributed by atoms with E-state index in [1.807, 2.05) is 29.9 Å². The summed E-state index contributed by atoms with van der Waals surface area (Å²) in [4.78, 5) is 34.3. The van der Waals surface area contributed by atoms with Gasteiger partial charge in [0.05, 0.1) is 35.6 Å². The van der Waals surface area contributed by atoms with E-state index in [1.54, 1.807) is 0 Å². The van der Waals surface area contributed by atoms with Crippen molar-refractivity contribution in [3.63, 3.8) is 0 Å². The minimum atomic E-state index is -0.562. The number of aryl methyl sites for hydroxylation is 2. The van der Waals surface area contributed by atoms with Crippen molar-refractivity contribution in [3.8, 4) is 0 Å². The van der Waals surface area contributed by atoms with Gasteiger partial charge < -0.3 is 19.6 Å². The molecule has 4 atom stereocenters. The van der Waals surface area contributed by atoms with Crippen LogP contribution >= 0.6 is 23.1 Å². The number of rotatable bonds is 4. The van der Waals surface area contributed by atoms with Crippen molar-refractivity contribution in [2.45, 2.75) is 25.6 Å². The predicted octanol–water partition coefficient (Wildman–Crippen LogP) is 0.783. The van der Waals surface area contributed by atoms with Gasteiger partial charge in [0, 0.05) is 31.5 Å². The Bertz CT molecular complexity index is 770. The van der Waals surface area contributed by atoms with E-state index in [-0.39, 0.29) is 36.4 Å². The van der Waals surface area contributed by atoms with E-state index in [2.05, 4.69) is 4.98 Å². The largest absolute Gasteiger partial charge is 0.396 e. The van der Waals surface area contributed by atoms with Gasteiger partial charge in [-0.25, -0.2) is 4.98 Å². The molecule has 2 amide bonds. The van der Waals surface area contributed by atoms with Gasteiger partial charge in [-0.15, -0.1) is 11.3 Å². The Labute approximate surface area is 167 Å². The molecule has 0 saturated carbocycles. The van der Waals surface area contributed by atoms with Gasteiger partial charge in [-0.05, 0) is 20.1 Å². The van der Waals surface area contributed by atoms with Crippen LogP contribution in [0.2, 0.25) is 0 Å². The zero-order valence-electron chi connectivity index (χ0n) is 15.8. The van der Waals surface area contributed by atoms with Gasteiger partial charge in [-0.2, -0.15) is 11.8 Å². The summed E-state index contributed by atoms with van der Waals surface area (Å²) in [6.45, 7) is 5.82. The number of nitrogens with zero attached hydrogens (tertiary/aromatic N) is 3. The number of morpholine rings is 1. The third kappa shape index (κ3) is 3.08. The van der Waals surface area contributed by atoms with E-state index < -0.39 is 5.60 Å². The van der Waals surface area contributed by atoms with Gasteiger partial charge in [0.15, 0.2) is 0 Å². The van der Waals surface area contributed by atoms with Crippen molar-refractivity contribution >= 4 is 34.9 Å². The van der Waals surface area contributed by atoms with Crippen molar-refractivity contribution in [1.82, 2.24) is 14.8 Å². The maximum atomic E-state index is 13.1. The molecule has 4 heterocycles. The summed E-state index contributed by atoms with van der Waals surface area (Å²) in [6, 6.07) is 0. The number of ether oxygens (including phenoxy) is 1. The Kier molecular flexibility index (Phi) is 4.99. The molecule has 7 nitrogen and oxygen atoms in total. The molecule has 3 fully saturated rings. The topological polar surface area (TPSA) is 83.0 Å². The number of hydrogen-bond donors (Lipinski definition) is 1. The van der Waals surface area contributed by atoms with E-state index in [4.69, 9.17) is 4.74 Å². The van der Waals surface area contributed by atoms with Crippen LogP contribution < -0.4 is 0 Å². The summed E-state index contributed by atoms with van der Waals surface area (Å²) < 4.78 is 6.36. The van der Waals surface area contributed by atoms with Crippen molar-refractivity contribution in [3.05, 3.63) is 15.6 Å². The molecular weight excluding hydrogens is 386 g/mol. The molecule has 1 aromatic rings. The second-order valence-corrected chi connectivity index (χ2v) is 9.78. The normalized spacial score (nSPS) is 32.1. The number of hydrogen-bond acceptors (Lipinski definition) is 7. The Morgan fingerprint density at radius 1 is 1.33 bits per heavy atom. The molecule has 0 aromatic carbocycles. The van der Waals surface area contributed by atoms with E-state index in [1.165, 1.54) is 23.1 Å². The summed E-state index contributed by atoms with van der Waals surface area (Å²) in [6.07, 6.45) is 1.77. The Morgan fingerprint density at radius 3 is 2.70 bits per heavy atom. The monoisotopic (exact) mass is 411 g/mol. The van der Waals surface area contributed by atoms with Crippen molar-refractivity contribution < 1.29 is 19.4 Å². The van der Waals surface area contributed by atoms with Crippen LogP contribution in [0.3, 0.4) is 0 Å². The number of carbonyl (C=O) groups is 2. The van der Waals surface area contributed by atoms with Crippen LogP contribution in [0.5, 0.6) is 0 Å². The Balaban J connectivity index is 1.58. The summed E-state index contributed by atoms with van der Waals surface area (Å²) in [7, 11) is 0. The molecule has 148 valence electrons. The fraction of sp³-hybridized carbons (Fsp3) is 0.722. The summed E-state index contributed by atoms with van der Waals surface area (Å²) in [5.41, 5.74) is 0.197. The molecule has 3 aliphatic rings. The van der Waals surface area contributed by atoms with E-state index in [0.29, 0.717) is 36.8 Å². The second-order valence-electron chi connectivity index (χ2n) is 7.71. The molecule has 3 saturated heterocycles. The first-order chi connectivity index (χ1) is 12.9. The zero-order valence-corrected chi connectivity index (χ0v) is 17.4. The van der Waals surface area contributed by atoms with Gasteiger partial charge in [-0.3, -0.25) is 9.59 Å². The highest BCUT2D eigenvalue weighted by Gasteiger charge is 2.63. The van der Waals surface area contributed by atoms with Gasteiger partial charge in [-0.1, -0.05) is 0 Å². The highest BCUT2D eigenvalue weighted by Crippen LogP contribution is 2.49. The first kappa shape index (κ1) is 19.2. The van der Waals surface area contributed by atoms with Crippen LogP contribution in [0.25, 0.3) is 0 Å². The lowest BCUT2D eigenvalue weighted by atomic mass is 9.83. The maximum absolute atomic E-state index is 13.1. The van der Waals surface area contributed by atoms with Crippen molar-refractivity contribution in [2.24, 2.45) is 11.8 Å². The number of carbonyl (C=O) groups excluding carboxylic acids is 2. The lowest BCUT2D eigenvalue weighted by molar-refractivity contribution is -0.150. The van der Waals surface area contributed by atoms with Gasteiger partial charge in [0.2, 0.25) is 5.91 Å². The lowest BCUT2D eigenvalue weighted by Gasteiger charge is -2.40. The van der Waals surface area contributed by atoms with Crippen LogP contribution in [0, 0.1) is 25.7 Å². The molecule has 27 heavy (non-hydrogen) atoms. The van der Waals surface area contributed by atoms with Crippen LogP contribution in [0.4, 0.5) is 0 Å².